The number of benzene rings is 2. The van der Waals surface area contributed by atoms with Crippen molar-refractivity contribution in [1.29, 1.82) is 0 Å². The third kappa shape index (κ3) is 7.33. The molecule has 2 aliphatic rings. The molecular formula is C27H37N3O8S. The maximum Gasteiger partial charge on any atom is 0.247 e. The largest absolute Gasteiger partial charge is 0.493 e. The minimum Gasteiger partial charge on any atom is -0.493 e. The van der Waals surface area contributed by atoms with Gasteiger partial charge in [0.05, 0.1) is 38.4 Å². The summed E-state index contributed by atoms with van der Waals surface area (Å²) in [5.74, 6) is 0.940. The van der Waals surface area contributed by atoms with E-state index < -0.39 is 16.1 Å². The Morgan fingerprint density at radius 1 is 0.923 bits per heavy atom. The van der Waals surface area contributed by atoms with Gasteiger partial charge in [-0.3, -0.25) is 4.79 Å². The number of sulfonamides is 1. The number of amides is 1. The number of nitrogens with one attached hydrogen (secondary N) is 3. The first-order chi connectivity index (χ1) is 18.8. The third-order valence-electron chi connectivity index (χ3n) is 6.81. The summed E-state index contributed by atoms with van der Waals surface area (Å²) < 4.78 is 55.7. The molecule has 2 fully saturated rings. The Bertz CT molecular complexity index is 1190. The van der Waals surface area contributed by atoms with Gasteiger partial charge in [0, 0.05) is 32.0 Å². The van der Waals surface area contributed by atoms with Crippen LogP contribution in [-0.2, 0) is 24.3 Å². The fraction of sp³-hybridized carbons (Fsp3) is 0.519. The van der Waals surface area contributed by atoms with Gasteiger partial charge in [0.15, 0.2) is 11.5 Å². The molecule has 2 aromatic rings. The Morgan fingerprint density at radius 2 is 1.51 bits per heavy atom. The Balaban J connectivity index is 1.55. The van der Waals surface area contributed by atoms with Crippen LogP contribution in [0.5, 0.6) is 17.2 Å². The predicted molar refractivity (Wildman–Crippen MR) is 145 cm³/mol. The molecule has 0 radical (unpaired) electrons. The summed E-state index contributed by atoms with van der Waals surface area (Å²) >= 11 is 0. The number of hydrogen-bond donors (Lipinski definition) is 3. The second kappa shape index (κ2) is 13.3. The highest BCUT2D eigenvalue weighted by molar-refractivity contribution is 7.89. The molecule has 2 aliphatic heterocycles. The summed E-state index contributed by atoms with van der Waals surface area (Å²) in [5.41, 5.74) is 1.13. The smallest absolute Gasteiger partial charge is 0.247 e. The van der Waals surface area contributed by atoms with E-state index in [-0.39, 0.29) is 29.6 Å². The van der Waals surface area contributed by atoms with Crippen LogP contribution >= 0.6 is 0 Å². The summed E-state index contributed by atoms with van der Waals surface area (Å²) in [5, 5.41) is 6.19. The van der Waals surface area contributed by atoms with Crippen molar-refractivity contribution in [2.24, 2.45) is 0 Å². The zero-order valence-corrected chi connectivity index (χ0v) is 23.3. The predicted octanol–water partition coefficient (Wildman–Crippen LogP) is 2.62. The number of carbonyl (C=O) groups is 1. The van der Waals surface area contributed by atoms with Gasteiger partial charge < -0.3 is 34.3 Å². The van der Waals surface area contributed by atoms with Crippen LogP contribution in [0.3, 0.4) is 0 Å². The summed E-state index contributed by atoms with van der Waals surface area (Å²) in [6, 6.07) is 8.81. The van der Waals surface area contributed by atoms with Gasteiger partial charge in [0.2, 0.25) is 21.7 Å². The average Bonchev–Trinajstić information content (AvgIpc) is 3.68. The molecule has 0 unspecified atom stereocenters. The van der Waals surface area contributed by atoms with Crippen molar-refractivity contribution in [3.05, 3.63) is 42.0 Å². The molecule has 0 aromatic heterocycles. The molecule has 214 valence electrons. The van der Waals surface area contributed by atoms with E-state index in [9.17, 15) is 13.2 Å². The number of hydrogen-bond acceptors (Lipinski definition) is 9. The van der Waals surface area contributed by atoms with Gasteiger partial charge in [-0.15, -0.1) is 0 Å². The van der Waals surface area contributed by atoms with E-state index in [0.29, 0.717) is 48.3 Å². The zero-order chi connectivity index (χ0) is 27.8. The van der Waals surface area contributed by atoms with Crippen molar-refractivity contribution in [3.8, 4) is 17.2 Å². The molecule has 3 atom stereocenters. The van der Waals surface area contributed by atoms with Gasteiger partial charge in [-0.05, 0) is 67.6 Å². The van der Waals surface area contributed by atoms with Crippen LogP contribution in [0.25, 0.3) is 0 Å². The van der Waals surface area contributed by atoms with E-state index in [1.165, 1.54) is 33.5 Å². The molecular weight excluding hydrogens is 526 g/mol. The maximum atomic E-state index is 13.4. The topological polar surface area (TPSA) is 133 Å². The fourth-order valence-corrected chi connectivity index (χ4v) is 5.74. The van der Waals surface area contributed by atoms with E-state index in [4.69, 9.17) is 23.7 Å². The lowest BCUT2D eigenvalue weighted by atomic mass is 10.0. The lowest BCUT2D eigenvalue weighted by Gasteiger charge is -2.23. The molecule has 4 rings (SSSR count). The van der Waals surface area contributed by atoms with Gasteiger partial charge >= 0.3 is 0 Å². The van der Waals surface area contributed by atoms with Crippen LogP contribution in [0.15, 0.2) is 41.3 Å². The molecule has 0 saturated carbocycles. The SMILES string of the molecule is COc1cc([C@H](Nc2ccc(S(=O)(=O)NC[C@@H]3CCCO3)cc2)C(=O)NC[C@H]2CCCO2)cc(OC)c1OC. The van der Waals surface area contributed by atoms with Crippen molar-refractivity contribution in [2.45, 2.75) is 48.8 Å². The number of methoxy groups -OCH3 is 3. The Labute approximate surface area is 229 Å². The second-order valence-corrected chi connectivity index (χ2v) is 11.2. The highest BCUT2D eigenvalue weighted by Gasteiger charge is 2.27. The van der Waals surface area contributed by atoms with Crippen LogP contribution in [-0.4, -0.2) is 74.2 Å². The van der Waals surface area contributed by atoms with Crippen molar-refractivity contribution in [1.82, 2.24) is 10.0 Å². The lowest BCUT2D eigenvalue weighted by Crippen LogP contribution is -2.38. The summed E-state index contributed by atoms with van der Waals surface area (Å²) in [7, 11) is 0.820. The van der Waals surface area contributed by atoms with Crippen LogP contribution < -0.4 is 29.6 Å². The number of anilines is 1. The first-order valence-corrected chi connectivity index (χ1v) is 14.5. The van der Waals surface area contributed by atoms with E-state index in [0.717, 1.165) is 25.7 Å². The Morgan fingerprint density at radius 3 is 2.03 bits per heavy atom. The third-order valence-corrected chi connectivity index (χ3v) is 8.25. The molecule has 2 heterocycles. The van der Waals surface area contributed by atoms with Crippen LogP contribution in [0.2, 0.25) is 0 Å². The maximum absolute atomic E-state index is 13.4. The molecule has 2 aromatic carbocycles. The number of ether oxygens (including phenoxy) is 5. The fourth-order valence-electron chi connectivity index (χ4n) is 4.68. The van der Waals surface area contributed by atoms with Crippen LogP contribution in [0.4, 0.5) is 5.69 Å². The van der Waals surface area contributed by atoms with E-state index in [2.05, 4.69) is 15.4 Å². The first kappa shape index (κ1) is 28.9. The molecule has 3 N–H and O–H groups in total. The van der Waals surface area contributed by atoms with E-state index in [1.54, 1.807) is 24.3 Å². The van der Waals surface area contributed by atoms with Gasteiger partial charge in [0.1, 0.15) is 6.04 Å². The Kier molecular flexibility index (Phi) is 9.89. The van der Waals surface area contributed by atoms with Gasteiger partial charge in [-0.1, -0.05) is 0 Å². The molecule has 2 saturated heterocycles. The minimum atomic E-state index is -3.70. The molecule has 0 aliphatic carbocycles. The molecule has 1 amide bonds. The van der Waals surface area contributed by atoms with Gasteiger partial charge in [0.25, 0.3) is 0 Å². The zero-order valence-electron chi connectivity index (χ0n) is 22.5. The van der Waals surface area contributed by atoms with Gasteiger partial charge in [-0.2, -0.15) is 0 Å². The molecule has 11 nitrogen and oxygen atoms in total. The van der Waals surface area contributed by atoms with Crippen LogP contribution in [0.1, 0.15) is 37.3 Å². The quantitative estimate of drug-likeness (QED) is 0.336. The van der Waals surface area contributed by atoms with Crippen molar-refractivity contribution in [3.63, 3.8) is 0 Å². The van der Waals surface area contributed by atoms with Crippen molar-refractivity contribution in [2.75, 3.05) is 52.9 Å². The molecule has 12 heteroatoms. The van der Waals surface area contributed by atoms with Crippen molar-refractivity contribution >= 4 is 21.6 Å². The van der Waals surface area contributed by atoms with E-state index >= 15 is 0 Å². The van der Waals surface area contributed by atoms with Crippen LogP contribution in [0, 0.1) is 0 Å². The highest BCUT2D eigenvalue weighted by atomic mass is 32.2. The Hall–Kier alpha value is -3.06. The first-order valence-electron chi connectivity index (χ1n) is 13.0. The molecule has 0 bridgehead atoms. The monoisotopic (exact) mass is 563 g/mol. The molecule has 0 spiro atoms. The number of carbonyl (C=O) groups excluding carboxylic acids is 1. The number of rotatable bonds is 13. The van der Waals surface area contributed by atoms with E-state index in [1.807, 2.05) is 0 Å². The lowest BCUT2D eigenvalue weighted by molar-refractivity contribution is -0.122. The summed E-state index contributed by atoms with van der Waals surface area (Å²) in [4.78, 5) is 13.6. The summed E-state index contributed by atoms with van der Waals surface area (Å²) in [6.07, 6.45) is 3.49. The second-order valence-electron chi connectivity index (χ2n) is 9.43. The molecule has 39 heavy (non-hydrogen) atoms. The van der Waals surface area contributed by atoms with Gasteiger partial charge in [-0.25, -0.2) is 13.1 Å². The minimum absolute atomic E-state index is 0.0267. The highest BCUT2D eigenvalue weighted by Crippen LogP contribution is 2.40. The van der Waals surface area contributed by atoms with Crippen molar-refractivity contribution < 1.29 is 36.9 Å². The summed E-state index contributed by atoms with van der Waals surface area (Å²) in [6.45, 7) is 1.96. The average molecular weight is 564 g/mol. The standard InChI is InChI=1S/C27H37N3O8S/c1-34-23-14-18(15-24(35-2)26(23)36-3)25(27(31)28-16-20-6-4-12-37-20)30-19-8-10-22(11-9-19)39(32,33)29-17-21-7-5-13-38-21/h8-11,14-15,20-21,25,29-30H,4-7,12-13,16-17H2,1-3H3,(H,28,31)/t20-,21+,25+/m1/s1. The normalized spacial score (nSPS) is 19.9.